The van der Waals surface area contributed by atoms with Crippen LogP contribution in [-0.2, 0) is 6.54 Å². The van der Waals surface area contributed by atoms with Gasteiger partial charge in [0.1, 0.15) is 0 Å². The van der Waals surface area contributed by atoms with Gasteiger partial charge in [-0.3, -0.25) is 4.98 Å². The van der Waals surface area contributed by atoms with Crippen LogP contribution in [0.25, 0.3) is 0 Å². The van der Waals surface area contributed by atoms with Gasteiger partial charge in [-0.05, 0) is 37.3 Å². The van der Waals surface area contributed by atoms with Crippen LogP contribution in [0.3, 0.4) is 0 Å². The molecule has 0 saturated heterocycles. The SMILES string of the molecule is Cc1cccc(CNc2ccc(C(=O)O)c(N)c2)n1. The van der Waals surface area contributed by atoms with Gasteiger partial charge in [0, 0.05) is 17.1 Å². The van der Waals surface area contributed by atoms with Gasteiger partial charge in [0.15, 0.2) is 0 Å². The number of nitrogens with two attached hydrogens (primary N) is 1. The largest absolute Gasteiger partial charge is 0.478 e. The fraction of sp³-hybridized carbons (Fsp3) is 0.143. The topological polar surface area (TPSA) is 88.2 Å². The number of nitrogens with zero attached hydrogens (tertiary/aromatic N) is 1. The lowest BCUT2D eigenvalue weighted by Gasteiger charge is -2.08. The molecule has 1 aromatic carbocycles. The van der Waals surface area contributed by atoms with Crippen LogP contribution in [-0.4, -0.2) is 16.1 Å². The number of rotatable bonds is 4. The highest BCUT2D eigenvalue weighted by atomic mass is 16.4. The third kappa shape index (κ3) is 3.22. The molecule has 0 amide bonds. The van der Waals surface area contributed by atoms with Crippen LogP contribution in [0.4, 0.5) is 11.4 Å². The first kappa shape index (κ1) is 12.9. The molecule has 0 atom stereocenters. The molecular weight excluding hydrogens is 242 g/mol. The number of hydrogen-bond donors (Lipinski definition) is 3. The van der Waals surface area contributed by atoms with Crippen molar-refractivity contribution in [2.24, 2.45) is 0 Å². The first-order valence-corrected chi connectivity index (χ1v) is 5.85. The van der Waals surface area contributed by atoms with Crippen molar-refractivity contribution in [1.82, 2.24) is 4.98 Å². The first-order chi connectivity index (χ1) is 9.06. The summed E-state index contributed by atoms with van der Waals surface area (Å²) >= 11 is 0. The van der Waals surface area contributed by atoms with E-state index in [2.05, 4.69) is 10.3 Å². The van der Waals surface area contributed by atoms with Crippen LogP contribution in [0.1, 0.15) is 21.7 Å². The number of benzene rings is 1. The number of nitrogens with one attached hydrogen (secondary N) is 1. The second-order valence-corrected chi connectivity index (χ2v) is 4.23. The molecule has 1 heterocycles. The summed E-state index contributed by atoms with van der Waals surface area (Å²) in [6.07, 6.45) is 0. The Morgan fingerprint density at radius 3 is 2.79 bits per heavy atom. The third-order valence-electron chi connectivity index (χ3n) is 2.70. The number of carboxylic acids is 1. The molecule has 0 aliphatic rings. The van der Waals surface area contributed by atoms with Crippen LogP contribution in [0.2, 0.25) is 0 Å². The maximum atomic E-state index is 10.8. The molecule has 19 heavy (non-hydrogen) atoms. The van der Waals surface area contributed by atoms with Gasteiger partial charge in [-0.15, -0.1) is 0 Å². The summed E-state index contributed by atoms with van der Waals surface area (Å²) in [5, 5.41) is 12.0. The number of nitrogen functional groups attached to an aromatic ring is 1. The molecule has 0 spiro atoms. The average Bonchev–Trinajstić information content (AvgIpc) is 2.36. The number of anilines is 2. The Morgan fingerprint density at radius 2 is 2.16 bits per heavy atom. The predicted molar refractivity (Wildman–Crippen MR) is 74.1 cm³/mol. The number of carbonyl (C=O) groups is 1. The minimum atomic E-state index is -1.02. The molecule has 0 radical (unpaired) electrons. The molecule has 0 unspecified atom stereocenters. The quantitative estimate of drug-likeness (QED) is 0.731. The van der Waals surface area contributed by atoms with Crippen LogP contribution in [0, 0.1) is 6.92 Å². The van der Waals surface area contributed by atoms with Gasteiger partial charge in [0.2, 0.25) is 0 Å². The van der Waals surface area contributed by atoms with Gasteiger partial charge in [-0.2, -0.15) is 0 Å². The Labute approximate surface area is 111 Å². The van der Waals surface area contributed by atoms with Gasteiger partial charge in [-0.1, -0.05) is 6.07 Å². The first-order valence-electron chi connectivity index (χ1n) is 5.85. The van der Waals surface area contributed by atoms with Crippen LogP contribution in [0.5, 0.6) is 0 Å². The Bertz CT molecular complexity index is 611. The second-order valence-electron chi connectivity index (χ2n) is 4.23. The lowest BCUT2D eigenvalue weighted by atomic mass is 10.1. The standard InChI is InChI=1S/C14H15N3O2/c1-9-3-2-4-11(17-9)8-16-10-5-6-12(14(18)19)13(15)7-10/h2-7,16H,8,15H2,1H3,(H,18,19). The van der Waals surface area contributed by atoms with Crippen LogP contribution in [0.15, 0.2) is 36.4 Å². The van der Waals surface area contributed by atoms with E-state index in [-0.39, 0.29) is 11.3 Å². The van der Waals surface area contributed by atoms with E-state index in [0.717, 1.165) is 17.1 Å². The maximum Gasteiger partial charge on any atom is 0.337 e. The van der Waals surface area contributed by atoms with Crippen LogP contribution >= 0.6 is 0 Å². The normalized spacial score (nSPS) is 10.2. The van der Waals surface area contributed by atoms with E-state index in [0.29, 0.717) is 6.54 Å². The van der Waals surface area contributed by atoms with Crippen molar-refractivity contribution < 1.29 is 9.90 Å². The van der Waals surface area contributed by atoms with Crippen molar-refractivity contribution >= 4 is 17.3 Å². The van der Waals surface area contributed by atoms with Gasteiger partial charge in [0.05, 0.1) is 17.8 Å². The molecule has 5 nitrogen and oxygen atoms in total. The van der Waals surface area contributed by atoms with Crippen molar-refractivity contribution in [1.29, 1.82) is 0 Å². The monoisotopic (exact) mass is 257 g/mol. The summed E-state index contributed by atoms with van der Waals surface area (Å²) in [6, 6.07) is 10.6. The maximum absolute atomic E-state index is 10.8. The van der Waals surface area contributed by atoms with E-state index >= 15 is 0 Å². The van der Waals surface area contributed by atoms with E-state index in [1.807, 2.05) is 25.1 Å². The number of aromatic nitrogens is 1. The fourth-order valence-corrected chi connectivity index (χ4v) is 1.76. The molecule has 2 rings (SSSR count). The van der Waals surface area contributed by atoms with E-state index in [1.54, 1.807) is 12.1 Å². The average molecular weight is 257 g/mol. The highest BCUT2D eigenvalue weighted by molar-refractivity contribution is 5.94. The van der Waals surface area contributed by atoms with Crippen molar-refractivity contribution in [3.8, 4) is 0 Å². The molecule has 1 aromatic heterocycles. The minimum Gasteiger partial charge on any atom is -0.478 e. The highest BCUT2D eigenvalue weighted by Crippen LogP contribution is 2.18. The number of aromatic carboxylic acids is 1. The van der Waals surface area contributed by atoms with Gasteiger partial charge < -0.3 is 16.2 Å². The van der Waals surface area contributed by atoms with Crippen molar-refractivity contribution in [3.63, 3.8) is 0 Å². The van der Waals surface area contributed by atoms with Gasteiger partial charge in [-0.25, -0.2) is 4.79 Å². The summed E-state index contributed by atoms with van der Waals surface area (Å²) in [5.41, 5.74) is 8.68. The van der Waals surface area contributed by atoms with E-state index in [9.17, 15) is 4.79 Å². The van der Waals surface area contributed by atoms with E-state index < -0.39 is 5.97 Å². The zero-order chi connectivity index (χ0) is 13.8. The summed E-state index contributed by atoms with van der Waals surface area (Å²) in [6.45, 7) is 2.50. The summed E-state index contributed by atoms with van der Waals surface area (Å²) in [5.74, 6) is -1.02. The number of pyridine rings is 1. The third-order valence-corrected chi connectivity index (χ3v) is 2.70. The number of hydrogen-bond acceptors (Lipinski definition) is 4. The zero-order valence-corrected chi connectivity index (χ0v) is 10.6. The minimum absolute atomic E-state index is 0.110. The molecule has 98 valence electrons. The second kappa shape index (κ2) is 5.39. The molecule has 0 saturated carbocycles. The summed E-state index contributed by atoms with van der Waals surface area (Å²) in [7, 11) is 0. The van der Waals surface area contributed by atoms with E-state index in [4.69, 9.17) is 10.8 Å². The van der Waals surface area contributed by atoms with Crippen molar-refractivity contribution in [3.05, 3.63) is 53.3 Å². The van der Waals surface area contributed by atoms with E-state index in [1.165, 1.54) is 6.07 Å². The molecule has 0 bridgehead atoms. The van der Waals surface area contributed by atoms with Crippen molar-refractivity contribution in [2.75, 3.05) is 11.1 Å². The van der Waals surface area contributed by atoms with Crippen LogP contribution < -0.4 is 11.1 Å². The molecule has 5 heteroatoms. The lowest BCUT2D eigenvalue weighted by Crippen LogP contribution is -2.05. The lowest BCUT2D eigenvalue weighted by molar-refractivity contribution is 0.0698. The number of aryl methyl sites for hydroxylation is 1. The Hall–Kier alpha value is -2.56. The summed E-state index contributed by atoms with van der Waals surface area (Å²) in [4.78, 5) is 15.2. The Kier molecular flexibility index (Phi) is 3.66. The fourth-order valence-electron chi connectivity index (χ4n) is 1.76. The molecule has 2 aromatic rings. The Balaban J connectivity index is 2.08. The highest BCUT2D eigenvalue weighted by Gasteiger charge is 2.07. The molecule has 0 aliphatic carbocycles. The smallest absolute Gasteiger partial charge is 0.337 e. The summed E-state index contributed by atoms with van der Waals surface area (Å²) < 4.78 is 0. The number of carboxylic acid groups (broad SMARTS) is 1. The van der Waals surface area contributed by atoms with Gasteiger partial charge in [0.25, 0.3) is 0 Å². The zero-order valence-electron chi connectivity index (χ0n) is 10.6. The van der Waals surface area contributed by atoms with Gasteiger partial charge >= 0.3 is 5.97 Å². The molecule has 0 fully saturated rings. The molecular formula is C14H15N3O2. The van der Waals surface area contributed by atoms with Crippen molar-refractivity contribution in [2.45, 2.75) is 13.5 Å². The molecule has 0 aliphatic heterocycles. The predicted octanol–water partition coefficient (Wildman–Crippen LogP) is 2.28. The Morgan fingerprint density at radius 1 is 1.37 bits per heavy atom. The molecule has 4 N–H and O–H groups in total.